The molecule has 0 radical (unpaired) electrons. The van der Waals surface area contributed by atoms with E-state index in [4.69, 9.17) is 5.73 Å². The lowest BCUT2D eigenvalue weighted by Crippen LogP contribution is -2.33. The lowest BCUT2D eigenvalue weighted by atomic mass is 10.0. The van der Waals surface area contributed by atoms with E-state index in [0.29, 0.717) is 18.7 Å². The van der Waals surface area contributed by atoms with Gasteiger partial charge in [-0.15, -0.1) is 0 Å². The van der Waals surface area contributed by atoms with E-state index in [0.717, 1.165) is 24.1 Å². The summed E-state index contributed by atoms with van der Waals surface area (Å²) in [5.74, 6) is -1.93. The number of nitrogens with two attached hydrogens (primary N) is 1. The average molecular weight is 391 g/mol. The third-order valence-electron chi connectivity index (χ3n) is 4.34. The van der Waals surface area contributed by atoms with Crippen molar-refractivity contribution in [2.45, 2.75) is 24.7 Å². The number of rotatable bonds is 4. The van der Waals surface area contributed by atoms with Gasteiger partial charge in [0, 0.05) is 24.8 Å². The van der Waals surface area contributed by atoms with E-state index in [9.17, 15) is 22.4 Å². The van der Waals surface area contributed by atoms with Crippen molar-refractivity contribution in [3.05, 3.63) is 53.3 Å². The average Bonchev–Trinajstić information content (AvgIpc) is 2.61. The van der Waals surface area contributed by atoms with Crippen molar-refractivity contribution < 1.29 is 22.4 Å². The van der Waals surface area contributed by atoms with Crippen molar-refractivity contribution in [2.75, 3.05) is 16.2 Å². The number of halogens is 1. The highest BCUT2D eigenvalue weighted by molar-refractivity contribution is 7.92. The highest BCUT2D eigenvalue weighted by atomic mass is 32.2. The van der Waals surface area contributed by atoms with E-state index in [1.807, 2.05) is 0 Å². The van der Waals surface area contributed by atoms with Crippen molar-refractivity contribution in [3.8, 4) is 0 Å². The molecular formula is C18H18FN3O4S. The summed E-state index contributed by atoms with van der Waals surface area (Å²) in [7, 11) is -3.97. The summed E-state index contributed by atoms with van der Waals surface area (Å²) < 4.78 is 41.2. The van der Waals surface area contributed by atoms with Crippen LogP contribution in [0.1, 0.15) is 29.3 Å². The third-order valence-corrected chi connectivity index (χ3v) is 5.72. The van der Waals surface area contributed by atoms with Gasteiger partial charge in [-0.1, -0.05) is 0 Å². The van der Waals surface area contributed by atoms with Gasteiger partial charge >= 0.3 is 0 Å². The number of hydrogen-bond acceptors (Lipinski definition) is 4. The number of hydrogen-bond donors (Lipinski definition) is 2. The lowest BCUT2D eigenvalue weighted by molar-refractivity contribution is -0.116. The molecule has 0 aromatic heterocycles. The van der Waals surface area contributed by atoms with Crippen molar-refractivity contribution in [1.82, 2.24) is 0 Å². The zero-order valence-electron chi connectivity index (χ0n) is 14.5. The number of fused-ring (bicyclic) bond motifs is 1. The molecule has 7 nitrogen and oxygen atoms in total. The van der Waals surface area contributed by atoms with Crippen LogP contribution in [0.4, 0.5) is 15.8 Å². The molecule has 2 amide bonds. The maximum atomic E-state index is 13.6. The summed E-state index contributed by atoms with van der Waals surface area (Å²) in [6, 6.07) is 7.74. The zero-order chi connectivity index (χ0) is 19.8. The normalized spacial score (nSPS) is 13.8. The van der Waals surface area contributed by atoms with E-state index < -0.39 is 27.3 Å². The number of benzene rings is 2. The molecule has 3 N–H and O–H groups in total. The van der Waals surface area contributed by atoms with Crippen molar-refractivity contribution in [3.63, 3.8) is 0 Å². The number of carbonyl (C=O) groups excluding carboxylic acids is 2. The van der Waals surface area contributed by atoms with E-state index in [1.54, 1.807) is 11.0 Å². The van der Waals surface area contributed by atoms with Gasteiger partial charge in [0.1, 0.15) is 5.82 Å². The molecule has 0 bridgehead atoms. The molecule has 0 fully saturated rings. The fourth-order valence-electron chi connectivity index (χ4n) is 3.06. The number of anilines is 2. The van der Waals surface area contributed by atoms with Crippen molar-refractivity contribution in [1.29, 1.82) is 0 Å². The molecule has 27 heavy (non-hydrogen) atoms. The molecule has 0 spiro atoms. The fourth-order valence-corrected chi connectivity index (χ4v) is 4.16. The Hall–Kier alpha value is -2.94. The van der Waals surface area contributed by atoms with Crippen LogP contribution < -0.4 is 15.4 Å². The van der Waals surface area contributed by atoms with Crippen molar-refractivity contribution in [2.24, 2.45) is 5.73 Å². The van der Waals surface area contributed by atoms with Crippen LogP contribution in [0.5, 0.6) is 0 Å². The number of primary amides is 1. The summed E-state index contributed by atoms with van der Waals surface area (Å²) in [5, 5.41) is 0. The Balaban J connectivity index is 1.93. The minimum Gasteiger partial charge on any atom is -0.366 e. The first-order valence-electron chi connectivity index (χ1n) is 8.22. The maximum absolute atomic E-state index is 13.6. The van der Waals surface area contributed by atoms with E-state index in [2.05, 4.69) is 4.72 Å². The van der Waals surface area contributed by atoms with Gasteiger partial charge in [-0.05, 0) is 54.8 Å². The SMILES string of the molecule is CC(=O)N1CCCc2cc(S(=O)(=O)Nc3ccc(F)c(C(N)=O)c3)ccc21. The molecule has 1 heterocycles. The molecule has 0 unspecified atom stereocenters. The molecule has 0 aliphatic carbocycles. The van der Waals surface area contributed by atoms with Crippen LogP contribution in [0.15, 0.2) is 41.3 Å². The van der Waals surface area contributed by atoms with E-state index in [-0.39, 0.29) is 16.5 Å². The van der Waals surface area contributed by atoms with Gasteiger partial charge in [0.05, 0.1) is 10.5 Å². The summed E-state index contributed by atoms with van der Waals surface area (Å²) in [6.45, 7) is 2.06. The van der Waals surface area contributed by atoms with Crippen LogP contribution in [-0.2, 0) is 21.2 Å². The van der Waals surface area contributed by atoms with E-state index >= 15 is 0 Å². The van der Waals surface area contributed by atoms with Crippen LogP contribution in [0.25, 0.3) is 0 Å². The van der Waals surface area contributed by atoms with E-state index in [1.165, 1.54) is 25.1 Å². The quantitative estimate of drug-likeness (QED) is 0.831. The third kappa shape index (κ3) is 3.77. The van der Waals surface area contributed by atoms with Crippen molar-refractivity contribution >= 4 is 33.2 Å². The molecule has 1 aliphatic heterocycles. The Kier molecular flexibility index (Phi) is 4.88. The van der Waals surface area contributed by atoms with Gasteiger partial charge in [-0.3, -0.25) is 14.3 Å². The molecule has 2 aromatic rings. The largest absolute Gasteiger partial charge is 0.366 e. The molecule has 3 rings (SSSR count). The lowest BCUT2D eigenvalue weighted by Gasteiger charge is -2.28. The first-order chi connectivity index (χ1) is 12.7. The van der Waals surface area contributed by atoms with Gasteiger partial charge in [0.25, 0.3) is 15.9 Å². The van der Waals surface area contributed by atoms with Crippen LogP contribution >= 0.6 is 0 Å². The first-order valence-corrected chi connectivity index (χ1v) is 9.70. The molecule has 0 atom stereocenters. The van der Waals surface area contributed by atoms with Gasteiger partial charge in [-0.25, -0.2) is 12.8 Å². The Morgan fingerprint density at radius 2 is 1.93 bits per heavy atom. The molecule has 1 aliphatic rings. The predicted octanol–water partition coefficient (Wildman–Crippen LogP) is 2.02. The Morgan fingerprint density at radius 3 is 2.59 bits per heavy atom. The maximum Gasteiger partial charge on any atom is 0.261 e. The molecule has 0 saturated heterocycles. The van der Waals surface area contributed by atoms with Crippen LogP contribution in [0, 0.1) is 5.82 Å². The summed E-state index contributed by atoms with van der Waals surface area (Å²) in [5.41, 5.74) is 6.16. The fraction of sp³-hybridized carbons (Fsp3) is 0.222. The molecule has 9 heteroatoms. The number of nitrogens with zero attached hydrogens (tertiary/aromatic N) is 1. The number of nitrogens with one attached hydrogen (secondary N) is 1. The van der Waals surface area contributed by atoms with Crippen LogP contribution in [0.2, 0.25) is 0 Å². The van der Waals surface area contributed by atoms with Crippen LogP contribution in [0.3, 0.4) is 0 Å². The highest BCUT2D eigenvalue weighted by Crippen LogP contribution is 2.30. The first kappa shape index (κ1) is 18.8. The Morgan fingerprint density at radius 1 is 1.19 bits per heavy atom. The summed E-state index contributed by atoms with van der Waals surface area (Å²) >= 11 is 0. The molecule has 0 saturated carbocycles. The standard InChI is InChI=1S/C18H18FN3O4S/c1-11(23)22-8-2-3-12-9-14(5-7-17(12)22)27(25,26)21-13-4-6-16(19)15(10-13)18(20)24/h4-7,9-10,21H,2-3,8H2,1H3,(H2,20,24). The Labute approximate surface area is 156 Å². The molecule has 142 valence electrons. The summed E-state index contributed by atoms with van der Waals surface area (Å²) in [6.07, 6.45) is 1.40. The minimum atomic E-state index is -3.97. The Bertz CT molecular complexity index is 1040. The van der Waals surface area contributed by atoms with Crippen LogP contribution in [-0.4, -0.2) is 26.8 Å². The second kappa shape index (κ2) is 6.99. The second-order valence-corrected chi connectivity index (χ2v) is 7.91. The number of aryl methyl sites for hydroxylation is 1. The topological polar surface area (TPSA) is 110 Å². The highest BCUT2D eigenvalue weighted by Gasteiger charge is 2.23. The van der Waals surface area contributed by atoms with Gasteiger partial charge in [-0.2, -0.15) is 0 Å². The summed E-state index contributed by atoms with van der Waals surface area (Å²) in [4.78, 5) is 24.6. The predicted molar refractivity (Wildman–Crippen MR) is 98.5 cm³/mol. The smallest absolute Gasteiger partial charge is 0.261 e. The monoisotopic (exact) mass is 391 g/mol. The molecular weight excluding hydrogens is 373 g/mol. The zero-order valence-corrected chi connectivity index (χ0v) is 15.3. The number of carbonyl (C=O) groups is 2. The number of amides is 2. The van der Waals surface area contributed by atoms with Gasteiger partial charge in [0.2, 0.25) is 5.91 Å². The van der Waals surface area contributed by atoms with Gasteiger partial charge in [0.15, 0.2) is 0 Å². The van der Waals surface area contributed by atoms with Gasteiger partial charge < -0.3 is 10.6 Å². The second-order valence-electron chi connectivity index (χ2n) is 6.23. The molecule has 2 aromatic carbocycles. The number of sulfonamides is 1. The minimum absolute atomic E-state index is 0.0107.